The molecule has 0 N–H and O–H groups in total. The summed E-state index contributed by atoms with van der Waals surface area (Å²) < 4.78 is 9.83. The Kier molecular flexibility index (Phi) is 4.93. The SMILES string of the molecule is COC[C@@H]1CC(C(=O)OC)CN1C(=O)C(C)C. The van der Waals surface area contributed by atoms with Gasteiger partial charge in [0.2, 0.25) is 5.91 Å². The Hall–Kier alpha value is -1.10. The Morgan fingerprint density at radius 2 is 2.00 bits per heavy atom. The fourth-order valence-electron chi connectivity index (χ4n) is 2.21. The number of methoxy groups -OCH3 is 2. The molecule has 0 radical (unpaired) electrons. The molecular formula is C12H21NO4. The third-order valence-corrected chi connectivity index (χ3v) is 3.08. The van der Waals surface area contributed by atoms with Gasteiger partial charge in [-0.05, 0) is 6.42 Å². The van der Waals surface area contributed by atoms with Crippen molar-refractivity contribution in [2.75, 3.05) is 27.4 Å². The maximum absolute atomic E-state index is 12.0. The lowest BCUT2D eigenvalue weighted by Gasteiger charge is -2.25. The lowest BCUT2D eigenvalue weighted by Crippen LogP contribution is -2.40. The average Bonchev–Trinajstić information content (AvgIpc) is 2.71. The van der Waals surface area contributed by atoms with Crippen LogP contribution in [0.15, 0.2) is 0 Å². The zero-order valence-electron chi connectivity index (χ0n) is 10.9. The van der Waals surface area contributed by atoms with Crippen LogP contribution in [0.25, 0.3) is 0 Å². The number of carbonyl (C=O) groups excluding carboxylic acids is 2. The largest absolute Gasteiger partial charge is 0.469 e. The lowest BCUT2D eigenvalue weighted by molar-refractivity contribution is -0.145. The molecule has 0 bridgehead atoms. The third-order valence-electron chi connectivity index (χ3n) is 3.08. The van der Waals surface area contributed by atoms with Gasteiger partial charge in [0, 0.05) is 19.6 Å². The highest BCUT2D eigenvalue weighted by Gasteiger charge is 2.39. The summed E-state index contributed by atoms with van der Waals surface area (Å²) in [7, 11) is 2.98. The Labute approximate surface area is 102 Å². The normalized spacial score (nSPS) is 24.2. The molecular weight excluding hydrogens is 222 g/mol. The number of ether oxygens (including phenoxy) is 2. The van der Waals surface area contributed by atoms with Gasteiger partial charge in [-0.2, -0.15) is 0 Å². The maximum atomic E-state index is 12.0. The first-order valence-corrected chi connectivity index (χ1v) is 5.88. The molecule has 2 atom stereocenters. The summed E-state index contributed by atoms with van der Waals surface area (Å²) in [5.74, 6) is -0.461. The molecule has 1 saturated heterocycles. The molecule has 98 valence electrons. The Balaban J connectivity index is 2.73. The van der Waals surface area contributed by atoms with E-state index in [0.717, 1.165) is 0 Å². The molecule has 0 spiro atoms. The molecule has 17 heavy (non-hydrogen) atoms. The van der Waals surface area contributed by atoms with Crippen molar-refractivity contribution in [1.82, 2.24) is 4.90 Å². The summed E-state index contributed by atoms with van der Waals surface area (Å²) in [6, 6.07) is -0.0148. The van der Waals surface area contributed by atoms with Gasteiger partial charge >= 0.3 is 5.97 Å². The first-order valence-electron chi connectivity index (χ1n) is 5.88. The molecule has 1 aliphatic rings. The minimum absolute atomic E-state index is 0.0148. The smallest absolute Gasteiger partial charge is 0.310 e. The second-order valence-corrected chi connectivity index (χ2v) is 4.71. The van der Waals surface area contributed by atoms with Crippen molar-refractivity contribution in [1.29, 1.82) is 0 Å². The van der Waals surface area contributed by atoms with E-state index in [4.69, 9.17) is 9.47 Å². The third kappa shape index (κ3) is 3.19. The molecule has 1 unspecified atom stereocenters. The van der Waals surface area contributed by atoms with Crippen LogP contribution >= 0.6 is 0 Å². The first kappa shape index (κ1) is 14.0. The van der Waals surface area contributed by atoms with Gasteiger partial charge in [0.25, 0.3) is 0 Å². The Morgan fingerprint density at radius 3 is 2.47 bits per heavy atom. The molecule has 1 amide bonds. The summed E-state index contributed by atoms with van der Waals surface area (Å²) in [4.78, 5) is 25.3. The van der Waals surface area contributed by atoms with Crippen molar-refractivity contribution in [2.24, 2.45) is 11.8 Å². The zero-order valence-corrected chi connectivity index (χ0v) is 10.9. The lowest BCUT2D eigenvalue weighted by atomic mass is 10.1. The fraction of sp³-hybridized carbons (Fsp3) is 0.833. The fourth-order valence-corrected chi connectivity index (χ4v) is 2.21. The summed E-state index contributed by atoms with van der Waals surface area (Å²) in [5, 5.41) is 0. The minimum atomic E-state index is -0.245. The van der Waals surface area contributed by atoms with Gasteiger partial charge in [0.05, 0.1) is 25.7 Å². The van der Waals surface area contributed by atoms with Crippen molar-refractivity contribution >= 4 is 11.9 Å². The number of hydrogen-bond donors (Lipinski definition) is 0. The molecule has 0 aromatic carbocycles. The predicted octanol–water partition coefficient (Wildman–Crippen LogP) is 0.679. The highest BCUT2D eigenvalue weighted by Crippen LogP contribution is 2.26. The second-order valence-electron chi connectivity index (χ2n) is 4.71. The van der Waals surface area contributed by atoms with Gasteiger partial charge in [-0.25, -0.2) is 0 Å². The quantitative estimate of drug-likeness (QED) is 0.681. The highest BCUT2D eigenvalue weighted by atomic mass is 16.5. The second kappa shape index (κ2) is 6.00. The van der Waals surface area contributed by atoms with E-state index < -0.39 is 0 Å². The number of rotatable bonds is 4. The van der Waals surface area contributed by atoms with Gasteiger partial charge in [-0.15, -0.1) is 0 Å². The molecule has 1 aliphatic heterocycles. The molecule has 0 saturated carbocycles. The van der Waals surface area contributed by atoms with Crippen LogP contribution in [-0.2, 0) is 19.1 Å². The first-order chi connectivity index (χ1) is 8.01. The standard InChI is InChI=1S/C12H21NO4/c1-8(2)11(14)13-6-9(12(15)17-4)5-10(13)7-16-3/h8-10H,5-7H2,1-4H3/t9?,10-/m0/s1. The van der Waals surface area contributed by atoms with Gasteiger partial charge in [-0.1, -0.05) is 13.8 Å². The van der Waals surface area contributed by atoms with E-state index in [-0.39, 0.29) is 29.8 Å². The van der Waals surface area contributed by atoms with Crippen molar-refractivity contribution in [2.45, 2.75) is 26.3 Å². The summed E-state index contributed by atoms with van der Waals surface area (Å²) >= 11 is 0. The monoisotopic (exact) mass is 243 g/mol. The highest BCUT2D eigenvalue weighted by molar-refractivity contribution is 5.81. The zero-order chi connectivity index (χ0) is 13.0. The predicted molar refractivity (Wildman–Crippen MR) is 62.3 cm³/mol. The van der Waals surface area contributed by atoms with Gasteiger partial charge in [0.15, 0.2) is 0 Å². The number of nitrogens with zero attached hydrogens (tertiary/aromatic N) is 1. The van der Waals surface area contributed by atoms with E-state index in [1.54, 1.807) is 12.0 Å². The number of carbonyl (C=O) groups is 2. The molecule has 0 aromatic heterocycles. The van der Waals surface area contributed by atoms with Crippen LogP contribution < -0.4 is 0 Å². The molecule has 1 heterocycles. The van der Waals surface area contributed by atoms with Crippen LogP contribution in [0.2, 0.25) is 0 Å². The number of amides is 1. The number of likely N-dealkylation sites (tertiary alicyclic amines) is 1. The van der Waals surface area contributed by atoms with E-state index in [1.165, 1.54) is 7.11 Å². The molecule has 0 aromatic rings. The maximum Gasteiger partial charge on any atom is 0.310 e. The van der Waals surface area contributed by atoms with Gasteiger partial charge in [-0.3, -0.25) is 9.59 Å². The van der Waals surface area contributed by atoms with E-state index >= 15 is 0 Å². The van der Waals surface area contributed by atoms with Crippen LogP contribution in [0.4, 0.5) is 0 Å². The van der Waals surface area contributed by atoms with E-state index in [0.29, 0.717) is 19.6 Å². The summed E-state index contributed by atoms with van der Waals surface area (Å²) in [5.41, 5.74) is 0. The number of hydrogen-bond acceptors (Lipinski definition) is 4. The van der Waals surface area contributed by atoms with E-state index in [1.807, 2.05) is 13.8 Å². The molecule has 5 heteroatoms. The van der Waals surface area contributed by atoms with Crippen molar-refractivity contribution in [3.63, 3.8) is 0 Å². The van der Waals surface area contributed by atoms with Crippen LogP contribution in [0, 0.1) is 11.8 Å². The van der Waals surface area contributed by atoms with Crippen molar-refractivity contribution < 1.29 is 19.1 Å². The van der Waals surface area contributed by atoms with E-state index in [2.05, 4.69) is 0 Å². The molecule has 1 rings (SSSR count). The summed E-state index contributed by atoms with van der Waals surface area (Å²) in [6.45, 7) is 4.62. The van der Waals surface area contributed by atoms with Crippen molar-refractivity contribution in [3.05, 3.63) is 0 Å². The molecule has 5 nitrogen and oxygen atoms in total. The number of esters is 1. The minimum Gasteiger partial charge on any atom is -0.469 e. The van der Waals surface area contributed by atoms with Crippen LogP contribution in [0.5, 0.6) is 0 Å². The molecule has 1 fully saturated rings. The van der Waals surface area contributed by atoms with Gasteiger partial charge < -0.3 is 14.4 Å². The molecule has 0 aliphatic carbocycles. The van der Waals surface area contributed by atoms with Crippen LogP contribution in [0.3, 0.4) is 0 Å². The average molecular weight is 243 g/mol. The van der Waals surface area contributed by atoms with Crippen LogP contribution in [0.1, 0.15) is 20.3 Å². The Morgan fingerprint density at radius 1 is 1.35 bits per heavy atom. The van der Waals surface area contributed by atoms with Crippen molar-refractivity contribution in [3.8, 4) is 0 Å². The van der Waals surface area contributed by atoms with E-state index in [9.17, 15) is 9.59 Å². The van der Waals surface area contributed by atoms with Crippen LogP contribution in [-0.4, -0.2) is 50.2 Å². The Bertz CT molecular complexity index is 290. The topological polar surface area (TPSA) is 55.8 Å². The van der Waals surface area contributed by atoms with Gasteiger partial charge in [0.1, 0.15) is 0 Å². The summed E-state index contributed by atoms with van der Waals surface area (Å²) in [6.07, 6.45) is 0.624.